The molecule has 43 heavy (non-hydrogen) atoms. The van der Waals surface area contributed by atoms with Crippen LogP contribution in [0, 0.1) is 17.8 Å². The Bertz CT molecular complexity index is 1580. The van der Waals surface area contributed by atoms with Gasteiger partial charge in [0.2, 0.25) is 0 Å². The normalized spacial score (nSPS) is 18.4. The summed E-state index contributed by atoms with van der Waals surface area (Å²) in [7, 11) is 4.52. The molecule has 3 aromatic rings. The van der Waals surface area contributed by atoms with Crippen LogP contribution in [0.4, 0.5) is 27.6 Å². The third kappa shape index (κ3) is 7.34. The van der Waals surface area contributed by atoms with Crippen molar-refractivity contribution in [2.75, 3.05) is 46.2 Å². The summed E-state index contributed by atoms with van der Waals surface area (Å²) in [6.07, 6.45) is -3.62. The van der Waals surface area contributed by atoms with Gasteiger partial charge in [0.1, 0.15) is 17.8 Å². The van der Waals surface area contributed by atoms with Gasteiger partial charge in [-0.1, -0.05) is 18.8 Å². The number of alkyl halides is 5. The summed E-state index contributed by atoms with van der Waals surface area (Å²) in [5.74, 6) is 1.08. The first-order chi connectivity index (χ1) is 20.2. The lowest BCUT2D eigenvalue weighted by Crippen LogP contribution is -2.61. The number of fused-ring (bicyclic) bond motifs is 1. The number of amides is 2. The standard InChI is InChI=1S/C29H31F5N6O3/c1-17-13-39(3)14-28(30,31)25(17)38-27(42)20-10-18(11-22-24(20)37-16-40(22)15-29(32,33)34)6-5-9-36-21-12-19(26(41)35-2)7-8-23(21)43-4/h7-8,10-12,16-17,25,36H,9,13-15H2,1-4H3,(H,35,41)(H,38,42)/t17-,25+/m0/s1. The van der Waals surface area contributed by atoms with Crippen LogP contribution in [-0.4, -0.2) is 85.2 Å². The fourth-order valence-corrected chi connectivity index (χ4v) is 5.15. The van der Waals surface area contributed by atoms with E-state index in [0.29, 0.717) is 23.5 Å². The van der Waals surface area contributed by atoms with Gasteiger partial charge in [0.05, 0.1) is 49.3 Å². The van der Waals surface area contributed by atoms with Crippen molar-refractivity contribution in [1.82, 2.24) is 25.1 Å². The average molecular weight is 607 g/mol. The van der Waals surface area contributed by atoms with Crippen LogP contribution >= 0.6 is 0 Å². The Morgan fingerprint density at radius 3 is 2.58 bits per heavy atom. The van der Waals surface area contributed by atoms with Gasteiger partial charge in [-0.15, -0.1) is 0 Å². The average Bonchev–Trinajstić information content (AvgIpc) is 3.32. The summed E-state index contributed by atoms with van der Waals surface area (Å²) >= 11 is 0. The van der Waals surface area contributed by atoms with Crippen LogP contribution < -0.4 is 20.7 Å². The maximum atomic E-state index is 14.9. The lowest BCUT2D eigenvalue weighted by Gasteiger charge is -2.41. The second-order valence-electron chi connectivity index (χ2n) is 10.4. The molecule has 1 aromatic heterocycles. The quantitative estimate of drug-likeness (QED) is 0.280. The van der Waals surface area contributed by atoms with Crippen LogP contribution in [0.15, 0.2) is 36.7 Å². The van der Waals surface area contributed by atoms with Crippen LogP contribution in [0.2, 0.25) is 0 Å². The first kappa shape index (κ1) is 31.6. The van der Waals surface area contributed by atoms with Crippen LogP contribution in [0.1, 0.15) is 33.2 Å². The van der Waals surface area contributed by atoms with Gasteiger partial charge in [-0.2, -0.15) is 13.2 Å². The van der Waals surface area contributed by atoms with Crippen molar-refractivity contribution < 1.29 is 36.3 Å². The molecular formula is C29H31F5N6O3. The van der Waals surface area contributed by atoms with Gasteiger partial charge in [-0.05, 0) is 43.3 Å². The summed E-state index contributed by atoms with van der Waals surface area (Å²) in [5, 5.41) is 7.95. The Morgan fingerprint density at radius 2 is 1.93 bits per heavy atom. The summed E-state index contributed by atoms with van der Waals surface area (Å²) in [4.78, 5) is 30.8. The van der Waals surface area contributed by atoms with E-state index in [1.807, 2.05) is 0 Å². The zero-order chi connectivity index (χ0) is 31.5. The number of anilines is 1. The smallest absolute Gasteiger partial charge is 0.406 e. The van der Waals surface area contributed by atoms with Crippen molar-refractivity contribution in [3.05, 3.63) is 53.3 Å². The number of rotatable bonds is 7. The highest BCUT2D eigenvalue weighted by Crippen LogP contribution is 2.31. The number of aromatic nitrogens is 2. The molecule has 14 heteroatoms. The number of hydrogen-bond donors (Lipinski definition) is 3. The fraction of sp³-hybridized carbons (Fsp3) is 0.414. The first-order valence-corrected chi connectivity index (χ1v) is 13.3. The number of hydrogen-bond acceptors (Lipinski definition) is 6. The van der Waals surface area contributed by atoms with E-state index >= 15 is 0 Å². The molecule has 0 radical (unpaired) electrons. The number of carbonyl (C=O) groups is 2. The van der Waals surface area contributed by atoms with Crippen molar-refractivity contribution in [3.63, 3.8) is 0 Å². The number of nitrogens with one attached hydrogen (secondary N) is 3. The lowest BCUT2D eigenvalue weighted by atomic mass is 9.90. The number of carbonyl (C=O) groups excluding carboxylic acids is 2. The van der Waals surface area contributed by atoms with E-state index < -0.39 is 43.1 Å². The predicted octanol–water partition coefficient (Wildman–Crippen LogP) is 3.75. The largest absolute Gasteiger partial charge is 0.495 e. The Morgan fingerprint density at radius 1 is 1.19 bits per heavy atom. The van der Waals surface area contributed by atoms with E-state index in [4.69, 9.17) is 4.74 Å². The summed E-state index contributed by atoms with van der Waals surface area (Å²) in [6.45, 7) is 0.0396. The van der Waals surface area contributed by atoms with E-state index in [9.17, 15) is 31.5 Å². The third-order valence-corrected chi connectivity index (χ3v) is 7.00. The Labute approximate surface area is 244 Å². The van der Waals surface area contributed by atoms with Crippen LogP contribution in [-0.2, 0) is 6.54 Å². The van der Waals surface area contributed by atoms with Gasteiger partial charge in [-0.3, -0.25) is 9.59 Å². The van der Waals surface area contributed by atoms with Gasteiger partial charge in [0, 0.05) is 24.7 Å². The topological polar surface area (TPSA) is 101 Å². The van der Waals surface area contributed by atoms with Crippen molar-refractivity contribution in [2.24, 2.45) is 5.92 Å². The highest BCUT2D eigenvalue weighted by molar-refractivity contribution is 6.05. The summed E-state index contributed by atoms with van der Waals surface area (Å²) in [5.41, 5.74) is 0.776. The number of methoxy groups -OCH3 is 1. The monoisotopic (exact) mass is 606 g/mol. The number of ether oxygens (including phenoxy) is 1. The fourth-order valence-electron chi connectivity index (χ4n) is 5.15. The molecule has 1 aliphatic heterocycles. The highest BCUT2D eigenvalue weighted by atomic mass is 19.4. The Kier molecular flexibility index (Phi) is 9.15. The number of imidazole rings is 1. The zero-order valence-corrected chi connectivity index (χ0v) is 23.9. The minimum absolute atomic E-state index is 0.0228. The van der Waals surface area contributed by atoms with E-state index in [1.165, 1.54) is 31.2 Å². The minimum atomic E-state index is -4.57. The van der Waals surface area contributed by atoms with Crippen LogP contribution in [0.25, 0.3) is 11.0 Å². The molecule has 0 bridgehead atoms. The van der Waals surface area contributed by atoms with Crippen molar-refractivity contribution in [2.45, 2.75) is 31.6 Å². The molecule has 1 fully saturated rings. The van der Waals surface area contributed by atoms with Gasteiger partial charge in [0.25, 0.3) is 17.7 Å². The minimum Gasteiger partial charge on any atom is -0.495 e. The molecule has 9 nitrogen and oxygen atoms in total. The van der Waals surface area contributed by atoms with E-state index in [-0.39, 0.29) is 34.6 Å². The molecular weight excluding hydrogens is 575 g/mol. The molecule has 1 saturated heterocycles. The molecule has 230 valence electrons. The number of nitrogens with zero attached hydrogens (tertiary/aromatic N) is 3. The van der Waals surface area contributed by atoms with Gasteiger partial charge in [0.15, 0.2) is 0 Å². The number of halogens is 5. The highest BCUT2D eigenvalue weighted by Gasteiger charge is 2.48. The van der Waals surface area contributed by atoms with Crippen molar-refractivity contribution >= 4 is 28.5 Å². The molecule has 2 aromatic carbocycles. The molecule has 2 atom stereocenters. The van der Waals surface area contributed by atoms with Crippen molar-refractivity contribution in [1.29, 1.82) is 0 Å². The van der Waals surface area contributed by atoms with E-state index in [1.54, 1.807) is 32.2 Å². The maximum absolute atomic E-state index is 14.9. The molecule has 1 aliphatic rings. The Hall–Kier alpha value is -4.38. The van der Waals surface area contributed by atoms with E-state index in [2.05, 4.69) is 32.8 Å². The molecule has 0 aliphatic carbocycles. The number of piperidine rings is 1. The maximum Gasteiger partial charge on any atom is 0.406 e. The summed E-state index contributed by atoms with van der Waals surface area (Å²) < 4.78 is 75.6. The van der Waals surface area contributed by atoms with E-state index in [0.717, 1.165) is 10.9 Å². The second kappa shape index (κ2) is 12.5. The summed E-state index contributed by atoms with van der Waals surface area (Å²) in [6, 6.07) is 5.96. The molecule has 0 saturated carbocycles. The van der Waals surface area contributed by atoms with Crippen molar-refractivity contribution in [3.8, 4) is 17.6 Å². The second-order valence-corrected chi connectivity index (χ2v) is 10.4. The van der Waals surface area contributed by atoms with Crippen LogP contribution in [0.3, 0.4) is 0 Å². The molecule has 2 amide bonds. The molecule has 0 spiro atoms. The molecule has 0 unspecified atom stereocenters. The SMILES string of the molecule is CNC(=O)c1ccc(OC)c(NCC#Cc2cc(C(=O)N[C@@H]3[C@@H](C)CN(C)CC3(F)F)c3ncn(CC(F)(F)F)c3c2)c1. The number of likely N-dealkylation sites (tertiary alicyclic amines) is 1. The van der Waals surface area contributed by atoms with Gasteiger partial charge < -0.3 is 30.2 Å². The number of benzene rings is 2. The Balaban J connectivity index is 1.65. The zero-order valence-electron chi connectivity index (χ0n) is 23.9. The van der Waals surface area contributed by atoms with Crippen LogP contribution in [0.5, 0.6) is 5.75 Å². The molecule has 2 heterocycles. The molecule has 4 rings (SSSR count). The lowest BCUT2D eigenvalue weighted by molar-refractivity contribution is -0.140. The molecule has 3 N–H and O–H groups in total. The van der Waals surface area contributed by atoms with Gasteiger partial charge in [-0.25, -0.2) is 13.8 Å². The third-order valence-electron chi connectivity index (χ3n) is 7.00. The van der Waals surface area contributed by atoms with Gasteiger partial charge >= 0.3 is 6.18 Å². The first-order valence-electron chi connectivity index (χ1n) is 13.3. The predicted molar refractivity (Wildman–Crippen MR) is 150 cm³/mol.